The van der Waals surface area contributed by atoms with Gasteiger partial charge in [0, 0.05) is 5.56 Å². The maximum Gasteiger partial charge on any atom is 0.133 e. The average molecular weight is 332 g/mol. The summed E-state index contributed by atoms with van der Waals surface area (Å²) in [5.41, 5.74) is 6.59. The van der Waals surface area contributed by atoms with Gasteiger partial charge in [0.1, 0.15) is 11.5 Å². The Kier molecular flexibility index (Phi) is 5.24. The number of nitrogens with two attached hydrogens (primary N) is 1. The molecule has 0 fully saturated rings. The van der Waals surface area contributed by atoms with E-state index in [1.54, 1.807) is 26.4 Å². The Balaban J connectivity index is 3.25. The van der Waals surface area contributed by atoms with Gasteiger partial charge in [-0.15, -0.1) is 0 Å². The zero-order chi connectivity index (χ0) is 14.8. The third-order valence-electron chi connectivity index (χ3n) is 3.09. The van der Waals surface area contributed by atoms with E-state index >= 15 is 0 Å². The molecule has 0 saturated carbocycles. The Morgan fingerprint density at radius 2 is 1.68 bits per heavy atom. The molecule has 5 heteroatoms. The molecule has 108 valence electrons. The number of benzene rings is 1. The van der Waals surface area contributed by atoms with Crippen LogP contribution in [0.15, 0.2) is 16.6 Å². The molecule has 0 radical (unpaired) electrons. The summed E-state index contributed by atoms with van der Waals surface area (Å²) in [6.07, 6.45) is -0.688. The van der Waals surface area contributed by atoms with Gasteiger partial charge in [-0.3, -0.25) is 0 Å². The van der Waals surface area contributed by atoms with Gasteiger partial charge >= 0.3 is 0 Å². The van der Waals surface area contributed by atoms with Crippen LogP contribution >= 0.6 is 15.9 Å². The summed E-state index contributed by atoms with van der Waals surface area (Å²) >= 11 is 3.40. The maximum atomic E-state index is 10.3. The van der Waals surface area contributed by atoms with E-state index in [0.29, 0.717) is 11.5 Å². The van der Waals surface area contributed by atoms with Crippen LogP contribution in [0.1, 0.15) is 32.4 Å². The first-order valence-corrected chi connectivity index (χ1v) is 6.86. The lowest BCUT2D eigenvalue weighted by atomic mass is 9.82. The van der Waals surface area contributed by atoms with Crippen molar-refractivity contribution in [2.75, 3.05) is 14.2 Å². The van der Waals surface area contributed by atoms with Crippen LogP contribution in [-0.2, 0) is 0 Å². The monoisotopic (exact) mass is 331 g/mol. The van der Waals surface area contributed by atoms with Gasteiger partial charge in [0.2, 0.25) is 0 Å². The van der Waals surface area contributed by atoms with E-state index in [4.69, 9.17) is 15.2 Å². The predicted octanol–water partition coefficient (Wildman–Crippen LogP) is 2.87. The topological polar surface area (TPSA) is 64.7 Å². The minimum atomic E-state index is -0.688. The number of hydrogen-bond acceptors (Lipinski definition) is 4. The van der Waals surface area contributed by atoms with Crippen LogP contribution in [0.4, 0.5) is 0 Å². The molecular formula is C14H22BrNO3. The average Bonchev–Trinajstić information content (AvgIpc) is 2.35. The second-order valence-corrected chi connectivity index (χ2v) is 6.42. The second kappa shape index (κ2) is 6.11. The molecule has 0 unspecified atom stereocenters. The number of aliphatic hydroxyl groups is 1. The smallest absolute Gasteiger partial charge is 0.133 e. The number of ether oxygens (including phenoxy) is 2. The summed E-state index contributed by atoms with van der Waals surface area (Å²) in [6.45, 7) is 5.83. The first-order chi connectivity index (χ1) is 8.72. The largest absolute Gasteiger partial charge is 0.496 e. The molecule has 0 aliphatic rings. The molecule has 19 heavy (non-hydrogen) atoms. The number of halogens is 1. The highest BCUT2D eigenvalue weighted by atomic mass is 79.9. The quantitative estimate of drug-likeness (QED) is 0.890. The lowest BCUT2D eigenvalue weighted by molar-refractivity contribution is 0.0394. The highest BCUT2D eigenvalue weighted by Crippen LogP contribution is 2.38. The normalized spacial score (nSPS) is 14.9. The summed E-state index contributed by atoms with van der Waals surface area (Å²) in [7, 11) is 3.16. The van der Waals surface area contributed by atoms with Crippen LogP contribution in [-0.4, -0.2) is 25.4 Å². The molecule has 2 atom stereocenters. The van der Waals surface area contributed by atoms with Crippen molar-refractivity contribution >= 4 is 15.9 Å². The highest BCUT2D eigenvalue weighted by Gasteiger charge is 2.31. The molecule has 0 aliphatic carbocycles. The summed E-state index contributed by atoms with van der Waals surface area (Å²) < 4.78 is 11.4. The zero-order valence-electron chi connectivity index (χ0n) is 12.0. The summed E-state index contributed by atoms with van der Waals surface area (Å²) in [5, 5.41) is 10.3. The molecule has 0 bridgehead atoms. The van der Waals surface area contributed by atoms with Gasteiger partial charge < -0.3 is 20.3 Å². The fourth-order valence-corrected chi connectivity index (χ4v) is 2.34. The lowest BCUT2D eigenvalue weighted by Crippen LogP contribution is -2.37. The van der Waals surface area contributed by atoms with E-state index in [1.807, 2.05) is 20.8 Å². The number of rotatable bonds is 4. The van der Waals surface area contributed by atoms with Crippen molar-refractivity contribution in [3.63, 3.8) is 0 Å². The summed E-state index contributed by atoms with van der Waals surface area (Å²) in [6, 6.07) is 3.04. The molecule has 0 spiro atoms. The van der Waals surface area contributed by atoms with Crippen molar-refractivity contribution in [3.05, 3.63) is 22.2 Å². The van der Waals surface area contributed by atoms with E-state index in [2.05, 4.69) is 15.9 Å². The SMILES string of the molecule is COc1cc([C@@H](N)[C@@H](O)C(C)(C)C)c(OC)cc1Br. The van der Waals surface area contributed by atoms with Crippen molar-refractivity contribution in [1.29, 1.82) is 0 Å². The van der Waals surface area contributed by atoms with Crippen molar-refractivity contribution in [2.24, 2.45) is 11.1 Å². The molecular weight excluding hydrogens is 310 g/mol. The Bertz CT molecular complexity index is 443. The van der Waals surface area contributed by atoms with Crippen LogP contribution in [0.2, 0.25) is 0 Å². The van der Waals surface area contributed by atoms with Crippen LogP contribution in [0.5, 0.6) is 11.5 Å². The molecule has 1 aromatic rings. The Labute approximate surface area is 123 Å². The van der Waals surface area contributed by atoms with Crippen molar-refractivity contribution in [1.82, 2.24) is 0 Å². The Morgan fingerprint density at radius 3 is 2.11 bits per heavy atom. The third kappa shape index (κ3) is 3.61. The first kappa shape index (κ1) is 16.3. The van der Waals surface area contributed by atoms with Crippen LogP contribution in [0, 0.1) is 5.41 Å². The first-order valence-electron chi connectivity index (χ1n) is 6.07. The van der Waals surface area contributed by atoms with E-state index in [-0.39, 0.29) is 5.41 Å². The van der Waals surface area contributed by atoms with Gasteiger partial charge in [-0.25, -0.2) is 0 Å². The number of methoxy groups -OCH3 is 2. The Morgan fingerprint density at radius 1 is 1.16 bits per heavy atom. The summed E-state index contributed by atoms with van der Waals surface area (Å²) in [4.78, 5) is 0. The van der Waals surface area contributed by atoms with Crippen molar-refractivity contribution in [2.45, 2.75) is 32.9 Å². The Hall–Kier alpha value is -0.780. The van der Waals surface area contributed by atoms with Crippen molar-refractivity contribution < 1.29 is 14.6 Å². The summed E-state index contributed by atoms with van der Waals surface area (Å²) in [5.74, 6) is 1.29. The third-order valence-corrected chi connectivity index (χ3v) is 3.71. The van der Waals surface area contributed by atoms with E-state index in [1.165, 1.54) is 0 Å². The number of hydrogen-bond donors (Lipinski definition) is 2. The minimum Gasteiger partial charge on any atom is -0.496 e. The minimum absolute atomic E-state index is 0.315. The van der Waals surface area contributed by atoms with Crippen LogP contribution < -0.4 is 15.2 Å². The van der Waals surface area contributed by atoms with Crippen molar-refractivity contribution in [3.8, 4) is 11.5 Å². The van der Waals surface area contributed by atoms with Gasteiger partial charge in [-0.1, -0.05) is 20.8 Å². The van der Waals surface area contributed by atoms with E-state index in [0.717, 1.165) is 10.0 Å². The fourth-order valence-electron chi connectivity index (χ4n) is 1.85. The van der Waals surface area contributed by atoms with Gasteiger partial charge in [0.05, 0.1) is 30.8 Å². The zero-order valence-corrected chi connectivity index (χ0v) is 13.6. The van der Waals surface area contributed by atoms with E-state index < -0.39 is 12.1 Å². The van der Waals surface area contributed by atoms with Crippen LogP contribution in [0.3, 0.4) is 0 Å². The highest BCUT2D eigenvalue weighted by molar-refractivity contribution is 9.10. The molecule has 0 heterocycles. The second-order valence-electron chi connectivity index (χ2n) is 5.57. The molecule has 3 N–H and O–H groups in total. The van der Waals surface area contributed by atoms with Gasteiger partial charge in [0.15, 0.2) is 0 Å². The molecule has 1 rings (SSSR count). The molecule has 4 nitrogen and oxygen atoms in total. The predicted molar refractivity (Wildman–Crippen MR) is 79.6 cm³/mol. The number of aliphatic hydroxyl groups excluding tert-OH is 1. The maximum absolute atomic E-state index is 10.3. The molecule has 0 saturated heterocycles. The molecule has 0 aliphatic heterocycles. The van der Waals surface area contributed by atoms with E-state index in [9.17, 15) is 5.11 Å². The van der Waals surface area contributed by atoms with Gasteiger partial charge in [0.25, 0.3) is 0 Å². The van der Waals surface area contributed by atoms with Gasteiger partial charge in [-0.2, -0.15) is 0 Å². The van der Waals surface area contributed by atoms with Gasteiger partial charge in [-0.05, 0) is 33.5 Å². The fraction of sp³-hybridized carbons (Fsp3) is 0.571. The standard InChI is InChI=1S/C14H22BrNO3/c1-14(2,3)13(17)12(16)8-6-11(19-5)9(15)7-10(8)18-4/h6-7,12-13,17H,16H2,1-5H3/t12-,13-/m1/s1. The van der Waals surface area contributed by atoms with Crippen LogP contribution in [0.25, 0.3) is 0 Å². The lowest BCUT2D eigenvalue weighted by Gasteiger charge is -2.31. The molecule has 0 aromatic heterocycles. The molecule has 0 amide bonds. The molecule has 1 aromatic carbocycles.